The maximum absolute atomic E-state index is 12.3. The van der Waals surface area contributed by atoms with Gasteiger partial charge in [0.25, 0.3) is 5.91 Å². The minimum Gasteiger partial charge on any atom is -0.408 e. The predicted molar refractivity (Wildman–Crippen MR) is 84.3 cm³/mol. The molecule has 0 fully saturated rings. The van der Waals surface area contributed by atoms with Gasteiger partial charge in [0.2, 0.25) is 0 Å². The van der Waals surface area contributed by atoms with Gasteiger partial charge in [0.1, 0.15) is 5.69 Å². The zero-order valence-electron chi connectivity index (χ0n) is 11.7. The maximum Gasteiger partial charge on any atom is 0.417 e. The third-order valence-corrected chi connectivity index (χ3v) is 3.36. The van der Waals surface area contributed by atoms with Crippen LogP contribution in [0, 0.1) is 0 Å². The average molecular weight is 306 g/mol. The van der Waals surface area contributed by atoms with Crippen LogP contribution in [0.4, 0.5) is 5.69 Å². The molecule has 4 aromatic rings. The molecule has 0 saturated carbocycles. The predicted octanol–water partition coefficient (Wildman–Crippen LogP) is 2.32. The number of fused-ring (bicyclic) bond motifs is 2. The molecule has 23 heavy (non-hydrogen) atoms. The Morgan fingerprint density at radius 2 is 1.96 bits per heavy atom. The number of oxazole rings is 1. The second kappa shape index (κ2) is 5.06. The lowest BCUT2D eigenvalue weighted by molar-refractivity contribution is 0.102. The minimum absolute atomic E-state index is 0.212. The number of amides is 1. The number of carbonyl (C=O) groups is 1. The van der Waals surface area contributed by atoms with E-state index in [0.717, 1.165) is 5.52 Å². The van der Waals surface area contributed by atoms with Gasteiger partial charge in [-0.2, -0.15) is 0 Å². The summed E-state index contributed by atoms with van der Waals surface area (Å²) >= 11 is 0. The van der Waals surface area contributed by atoms with Gasteiger partial charge in [-0.3, -0.25) is 14.8 Å². The molecule has 7 heteroatoms. The molecule has 0 saturated heterocycles. The van der Waals surface area contributed by atoms with Crippen LogP contribution in [0.3, 0.4) is 0 Å². The average Bonchev–Trinajstić information content (AvgIpc) is 2.93. The Hall–Kier alpha value is -3.48. The number of aromatic nitrogens is 3. The molecule has 1 amide bonds. The van der Waals surface area contributed by atoms with E-state index in [1.807, 2.05) is 18.2 Å². The lowest BCUT2D eigenvalue weighted by Crippen LogP contribution is -2.14. The van der Waals surface area contributed by atoms with Gasteiger partial charge in [0.05, 0.1) is 22.7 Å². The van der Waals surface area contributed by atoms with Crippen molar-refractivity contribution < 1.29 is 9.21 Å². The van der Waals surface area contributed by atoms with Gasteiger partial charge in [-0.1, -0.05) is 12.1 Å². The first-order chi connectivity index (χ1) is 11.2. The Kier molecular flexibility index (Phi) is 2.90. The molecule has 112 valence electrons. The number of hydrogen-bond acceptors (Lipinski definition) is 5. The summed E-state index contributed by atoms with van der Waals surface area (Å²) in [6, 6.07) is 12.2. The van der Waals surface area contributed by atoms with Crippen LogP contribution >= 0.6 is 0 Å². The molecule has 0 aliphatic rings. The largest absolute Gasteiger partial charge is 0.417 e. The van der Waals surface area contributed by atoms with E-state index in [2.05, 4.69) is 20.3 Å². The molecule has 0 aliphatic carbocycles. The summed E-state index contributed by atoms with van der Waals surface area (Å²) in [6.45, 7) is 0. The highest BCUT2D eigenvalue weighted by Crippen LogP contribution is 2.17. The Balaban J connectivity index is 1.65. The van der Waals surface area contributed by atoms with Gasteiger partial charge >= 0.3 is 5.76 Å². The fourth-order valence-corrected chi connectivity index (χ4v) is 2.29. The van der Waals surface area contributed by atoms with Crippen molar-refractivity contribution in [2.24, 2.45) is 0 Å². The fraction of sp³-hybridized carbons (Fsp3) is 0. The molecule has 4 rings (SSSR count). The number of aromatic amines is 1. The Morgan fingerprint density at radius 1 is 1.13 bits per heavy atom. The zero-order chi connectivity index (χ0) is 15.8. The molecule has 0 aliphatic heterocycles. The third kappa shape index (κ3) is 2.44. The highest BCUT2D eigenvalue weighted by Gasteiger charge is 2.10. The number of carbonyl (C=O) groups excluding carboxylic acids is 1. The quantitative estimate of drug-likeness (QED) is 0.592. The van der Waals surface area contributed by atoms with Gasteiger partial charge in [-0.05, 0) is 30.3 Å². The number of nitrogens with one attached hydrogen (secondary N) is 2. The van der Waals surface area contributed by atoms with Crippen molar-refractivity contribution in [2.75, 3.05) is 5.32 Å². The molecular formula is C16H10N4O3. The smallest absolute Gasteiger partial charge is 0.408 e. The summed E-state index contributed by atoms with van der Waals surface area (Å²) in [6.07, 6.45) is 1.43. The first-order valence-electron chi connectivity index (χ1n) is 6.85. The zero-order valence-corrected chi connectivity index (χ0v) is 11.7. The van der Waals surface area contributed by atoms with E-state index >= 15 is 0 Å². The van der Waals surface area contributed by atoms with E-state index < -0.39 is 5.76 Å². The molecule has 2 aromatic heterocycles. The number of H-pyrrole nitrogens is 1. The van der Waals surface area contributed by atoms with Crippen molar-refractivity contribution in [2.45, 2.75) is 0 Å². The van der Waals surface area contributed by atoms with Gasteiger partial charge in [0.15, 0.2) is 5.58 Å². The van der Waals surface area contributed by atoms with Crippen LogP contribution in [0.5, 0.6) is 0 Å². The molecule has 2 N–H and O–H groups in total. The van der Waals surface area contributed by atoms with Crippen molar-refractivity contribution in [3.8, 4) is 0 Å². The van der Waals surface area contributed by atoms with E-state index in [-0.39, 0.29) is 11.6 Å². The Labute approximate surface area is 129 Å². The molecule has 0 radical (unpaired) electrons. The number of benzene rings is 2. The van der Waals surface area contributed by atoms with Crippen LogP contribution in [0.1, 0.15) is 10.5 Å². The second-order valence-electron chi connectivity index (χ2n) is 4.92. The van der Waals surface area contributed by atoms with Gasteiger partial charge in [-0.25, -0.2) is 9.78 Å². The maximum atomic E-state index is 12.3. The molecule has 2 heterocycles. The van der Waals surface area contributed by atoms with E-state index in [1.165, 1.54) is 6.20 Å². The monoisotopic (exact) mass is 306 g/mol. The summed E-state index contributed by atoms with van der Waals surface area (Å²) in [5, 5.41) is 2.72. The van der Waals surface area contributed by atoms with Crippen molar-refractivity contribution in [1.82, 2.24) is 15.0 Å². The van der Waals surface area contributed by atoms with Crippen molar-refractivity contribution in [1.29, 1.82) is 0 Å². The first kappa shape index (κ1) is 13.2. The van der Waals surface area contributed by atoms with Crippen LogP contribution in [-0.4, -0.2) is 20.9 Å². The van der Waals surface area contributed by atoms with Crippen LogP contribution in [0.2, 0.25) is 0 Å². The van der Waals surface area contributed by atoms with Crippen LogP contribution in [0.15, 0.2) is 57.9 Å². The SMILES string of the molecule is O=C(Nc1ccc2oc(=O)[nH]c2c1)c1cnc2ccccc2n1. The van der Waals surface area contributed by atoms with Crippen molar-refractivity contribution in [3.05, 3.63) is 64.9 Å². The number of para-hydroxylation sites is 2. The van der Waals surface area contributed by atoms with Gasteiger partial charge < -0.3 is 9.73 Å². The molecule has 0 unspecified atom stereocenters. The van der Waals surface area contributed by atoms with E-state index in [4.69, 9.17) is 4.42 Å². The fourth-order valence-electron chi connectivity index (χ4n) is 2.29. The molecular weight excluding hydrogens is 296 g/mol. The van der Waals surface area contributed by atoms with E-state index in [9.17, 15) is 9.59 Å². The normalized spacial score (nSPS) is 11.0. The number of nitrogens with zero attached hydrogens (tertiary/aromatic N) is 2. The lowest BCUT2D eigenvalue weighted by atomic mass is 10.2. The molecule has 7 nitrogen and oxygen atoms in total. The molecule has 0 bridgehead atoms. The molecule has 2 aromatic carbocycles. The van der Waals surface area contributed by atoms with E-state index in [1.54, 1.807) is 24.3 Å². The highest BCUT2D eigenvalue weighted by molar-refractivity contribution is 6.04. The number of rotatable bonds is 2. The highest BCUT2D eigenvalue weighted by atomic mass is 16.4. The summed E-state index contributed by atoms with van der Waals surface area (Å²) in [7, 11) is 0. The molecule has 0 atom stereocenters. The standard InChI is InChI=1S/C16H10N4O3/c21-15(13-8-17-10-3-1-2-4-11(10)19-13)18-9-5-6-14-12(7-9)20-16(22)23-14/h1-8H,(H,18,21)(H,20,22). The van der Waals surface area contributed by atoms with Crippen LogP contribution in [-0.2, 0) is 0 Å². The minimum atomic E-state index is -0.538. The topological polar surface area (TPSA) is 101 Å². The summed E-state index contributed by atoms with van der Waals surface area (Å²) < 4.78 is 4.91. The molecule has 0 spiro atoms. The number of hydrogen-bond donors (Lipinski definition) is 2. The van der Waals surface area contributed by atoms with E-state index in [0.29, 0.717) is 22.3 Å². The summed E-state index contributed by atoms with van der Waals surface area (Å²) in [5.74, 6) is -0.919. The summed E-state index contributed by atoms with van der Waals surface area (Å²) in [5.41, 5.74) is 3.05. The van der Waals surface area contributed by atoms with Gasteiger partial charge in [0, 0.05) is 5.69 Å². The van der Waals surface area contributed by atoms with Crippen LogP contribution in [0.25, 0.3) is 22.1 Å². The lowest BCUT2D eigenvalue weighted by Gasteiger charge is -2.05. The van der Waals surface area contributed by atoms with Crippen LogP contribution < -0.4 is 11.1 Å². The number of anilines is 1. The Bertz CT molecular complexity index is 1100. The van der Waals surface area contributed by atoms with Crippen molar-refractivity contribution in [3.63, 3.8) is 0 Å². The Morgan fingerprint density at radius 3 is 2.83 bits per heavy atom. The van der Waals surface area contributed by atoms with Gasteiger partial charge in [-0.15, -0.1) is 0 Å². The summed E-state index contributed by atoms with van der Waals surface area (Å²) in [4.78, 5) is 34.5. The van der Waals surface area contributed by atoms with Crippen molar-refractivity contribution >= 4 is 33.7 Å². The first-order valence-corrected chi connectivity index (χ1v) is 6.85. The second-order valence-corrected chi connectivity index (χ2v) is 4.92. The third-order valence-electron chi connectivity index (χ3n) is 3.36.